The molecule has 0 saturated heterocycles. The highest BCUT2D eigenvalue weighted by Gasteiger charge is 2.51. The number of carbonyl (C=O) groups is 1. The molecule has 0 radical (unpaired) electrons. The van der Waals surface area contributed by atoms with Gasteiger partial charge < -0.3 is 10.4 Å². The van der Waals surface area contributed by atoms with E-state index in [2.05, 4.69) is 17.2 Å². The van der Waals surface area contributed by atoms with Crippen LogP contribution in [0.2, 0.25) is 0 Å². The van der Waals surface area contributed by atoms with Gasteiger partial charge in [0.05, 0.1) is 5.92 Å². The number of aromatic nitrogens is 1. The molecule has 1 aromatic rings. The Morgan fingerprint density at radius 2 is 2.05 bits per heavy atom. The highest BCUT2D eigenvalue weighted by Crippen LogP contribution is 2.49. The van der Waals surface area contributed by atoms with Crippen molar-refractivity contribution >= 4 is 5.97 Å². The lowest BCUT2D eigenvalue weighted by Crippen LogP contribution is -2.45. The summed E-state index contributed by atoms with van der Waals surface area (Å²) in [6.45, 7) is 2.10. The van der Waals surface area contributed by atoms with Crippen LogP contribution in [-0.4, -0.2) is 22.1 Å². The average molecular weight is 260 g/mol. The summed E-state index contributed by atoms with van der Waals surface area (Å²) < 4.78 is 0. The minimum atomic E-state index is -0.633. The number of fused-ring (bicyclic) bond motifs is 2. The number of hydrogen-bond acceptors (Lipinski definition) is 3. The third-order valence-corrected chi connectivity index (χ3v) is 4.85. The molecule has 5 atom stereocenters. The van der Waals surface area contributed by atoms with Crippen LogP contribution in [-0.2, 0) is 4.79 Å². The molecule has 0 amide bonds. The molecule has 0 aromatic carbocycles. The van der Waals surface area contributed by atoms with Gasteiger partial charge in [0.15, 0.2) is 0 Å². The minimum Gasteiger partial charge on any atom is -0.481 e. The summed E-state index contributed by atoms with van der Waals surface area (Å²) in [4.78, 5) is 15.5. The Morgan fingerprint density at radius 3 is 2.74 bits per heavy atom. The van der Waals surface area contributed by atoms with Crippen LogP contribution in [0.1, 0.15) is 37.8 Å². The second-order valence-electron chi connectivity index (χ2n) is 5.89. The van der Waals surface area contributed by atoms with Crippen LogP contribution in [0.4, 0.5) is 0 Å². The molecule has 4 nitrogen and oxygen atoms in total. The molecule has 0 spiro atoms. The van der Waals surface area contributed by atoms with Gasteiger partial charge >= 0.3 is 5.97 Å². The fraction of sp³-hybridized carbons (Fsp3) is 0.600. The zero-order valence-electron chi connectivity index (χ0n) is 11.1. The molecule has 1 heterocycles. The molecule has 1 aromatic heterocycles. The van der Waals surface area contributed by atoms with Crippen LogP contribution in [0.15, 0.2) is 24.5 Å². The van der Waals surface area contributed by atoms with E-state index < -0.39 is 5.97 Å². The Kier molecular flexibility index (Phi) is 3.27. The summed E-state index contributed by atoms with van der Waals surface area (Å²) in [6.07, 6.45) is 6.91. The van der Waals surface area contributed by atoms with Crippen molar-refractivity contribution < 1.29 is 9.90 Å². The Balaban J connectivity index is 1.73. The second kappa shape index (κ2) is 4.93. The number of nitrogens with one attached hydrogen (secondary N) is 1. The highest BCUT2D eigenvalue weighted by atomic mass is 16.4. The predicted octanol–water partition coefficient (Wildman–Crippen LogP) is 2.23. The number of carboxylic acid groups (broad SMARTS) is 1. The number of rotatable bonds is 4. The van der Waals surface area contributed by atoms with Gasteiger partial charge in [-0.25, -0.2) is 0 Å². The third kappa shape index (κ3) is 2.25. The maximum absolute atomic E-state index is 11.5. The molecule has 2 aliphatic rings. The first-order valence-electron chi connectivity index (χ1n) is 7.05. The van der Waals surface area contributed by atoms with E-state index in [0.29, 0.717) is 11.8 Å². The zero-order chi connectivity index (χ0) is 13.4. The van der Waals surface area contributed by atoms with Gasteiger partial charge in [0.2, 0.25) is 0 Å². The fourth-order valence-electron chi connectivity index (χ4n) is 3.92. The van der Waals surface area contributed by atoms with E-state index in [9.17, 15) is 9.90 Å². The van der Waals surface area contributed by atoms with Crippen molar-refractivity contribution in [3.05, 3.63) is 30.1 Å². The van der Waals surface area contributed by atoms with Gasteiger partial charge in [0, 0.05) is 24.5 Å². The lowest BCUT2D eigenvalue weighted by molar-refractivity contribution is -0.144. The first kappa shape index (κ1) is 12.6. The van der Waals surface area contributed by atoms with Crippen molar-refractivity contribution in [3.63, 3.8) is 0 Å². The fourth-order valence-corrected chi connectivity index (χ4v) is 3.92. The number of hydrogen-bond donors (Lipinski definition) is 2. The molecule has 0 aliphatic heterocycles. The van der Waals surface area contributed by atoms with E-state index in [-0.39, 0.29) is 18.0 Å². The van der Waals surface area contributed by atoms with Gasteiger partial charge in [-0.1, -0.05) is 0 Å². The number of carboxylic acids is 1. The van der Waals surface area contributed by atoms with Crippen LogP contribution >= 0.6 is 0 Å². The number of aliphatic carboxylic acids is 1. The summed E-state index contributed by atoms with van der Waals surface area (Å²) in [5.41, 5.74) is 1.17. The van der Waals surface area contributed by atoms with Gasteiger partial charge in [-0.2, -0.15) is 0 Å². The number of pyridine rings is 1. The monoisotopic (exact) mass is 260 g/mol. The maximum atomic E-state index is 11.5. The molecule has 2 N–H and O–H groups in total. The summed E-state index contributed by atoms with van der Waals surface area (Å²) in [6, 6.07) is 4.27. The number of nitrogens with zero attached hydrogens (tertiary/aromatic N) is 1. The van der Waals surface area contributed by atoms with Crippen molar-refractivity contribution in [2.75, 3.05) is 0 Å². The SMILES string of the molecule is CC(NC1C2CCC(C2)C1C(=O)O)c1ccncc1. The van der Waals surface area contributed by atoms with E-state index in [0.717, 1.165) is 12.8 Å². The lowest BCUT2D eigenvalue weighted by Gasteiger charge is -2.31. The van der Waals surface area contributed by atoms with Gasteiger partial charge in [-0.3, -0.25) is 9.78 Å². The van der Waals surface area contributed by atoms with Crippen LogP contribution in [0.5, 0.6) is 0 Å². The molecular formula is C15H20N2O2. The summed E-state index contributed by atoms with van der Waals surface area (Å²) in [5, 5.41) is 13.0. The third-order valence-electron chi connectivity index (χ3n) is 4.85. The van der Waals surface area contributed by atoms with E-state index in [4.69, 9.17) is 0 Å². The zero-order valence-corrected chi connectivity index (χ0v) is 11.1. The minimum absolute atomic E-state index is 0.124. The molecular weight excluding hydrogens is 240 g/mol. The van der Waals surface area contributed by atoms with Gasteiger partial charge in [-0.15, -0.1) is 0 Å². The Morgan fingerprint density at radius 1 is 1.37 bits per heavy atom. The Hall–Kier alpha value is -1.42. The first-order valence-corrected chi connectivity index (χ1v) is 7.05. The molecule has 5 unspecified atom stereocenters. The molecule has 2 bridgehead atoms. The lowest BCUT2D eigenvalue weighted by atomic mass is 9.84. The van der Waals surface area contributed by atoms with Crippen LogP contribution in [0.25, 0.3) is 0 Å². The van der Waals surface area contributed by atoms with Gasteiger partial charge in [0.25, 0.3) is 0 Å². The first-order chi connectivity index (χ1) is 9.16. The second-order valence-corrected chi connectivity index (χ2v) is 5.89. The largest absolute Gasteiger partial charge is 0.481 e. The Bertz CT molecular complexity index is 462. The van der Waals surface area contributed by atoms with Crippen molar-refractivity contribution in [3.8, 4) is 0 Å². The van der Waals surface area contributed by atoms with Crippen LogP contribution in [0.3, 0.4) is 0 Å². The molecule has 4 heteroatoms. The van der Waals surface area contributed by atoms with Crippen LogP contribution in [0, 0.1) is 17.8 Å². The van der Waals surface area contributed by atoms with E-state index in [1.165, 1.54) is 12.0 Å². The molecule has 2 fully saturated rings. The van der Waals surface area contributed by atoms with Crippen molar-refractivity contribution in [1.29, 1.82) is 0 Å². The Labute approximate surface area is 113 Å². The highest BCUT2D eigenvalue weighted by molar-refractivity contribution is 5.72. The van der Waals surface area contributed by atoms with Crippen LogP contribution < -0.4 is 5.32 Å². The van der Waals surface area contributed by atoms with Crippen molar-refractivity contribution in [1.82, 2.24) is 10.3 Å². The van der Waals surface area contributed by atoms with Crippen molar-refractivity contribution in [2.45, 2.75) is 38.3 Å². The smallest absolute Gasteiger partial charge is 0.308 e. The topological polar surface area (TPSA) is 62.2 Å². The summed E-state index contributed by atoms with van der Waals surface area (Å²) in [7, 11) is 0. The van der Waals surface area contributed by atoms with E-state index in [1.807, 2.05) is 12.1 Å². The predicted molar refractivity (Wildman–Crippen MR) is 71.5 cm³/mol. The standard InChI is InChI=1S/C15H20N2O2/c1-9(10-4-6-16-7-5-10)17-14-12-3-2-11(8-12)13(14)15(18)19/h4-7,9,11-14,17H,2-3,8H2,1H3,(H,18,19). The maximum Gasteiger partial charge on any atom is 0.308 e. The summed E-state index contributed by atoms with van der Waals surface area (Å²) in [5.74, 6) is 0.0784. The molecule has 102 valence electrons. The quantitative estimate of drug-likeness (QED) is 0.871. The molecule has 2 aliphatic carbocycles. The average Bonchev–Trinajstić information content (AvgIpc) is 3.00. The van der Waals surface area contributed by atoms with Crippen molar-refractivity contribution in [2.24, 2.45) is 17.8 Å². The molecule has 2 saturated carbocycles. The normalized spacial score (nSPS) is 34.4. The van der Waals surface area contributed by atoms with Gasteiger partial charge in [-0.05, 0) is 55.7 Å². The van der Waals surface area contributed by atoms with Gasteiger partial charge in [0.1, 0.15) is 0 Å². The van der Waals surface area contributed by atoms with E-state index >= 15 is 0 Å². The van der Waals surface area contributed by atoms with E-state index in [1.54, 1.807) is 12.4 Å². The molecule has 19 heavy (non-hydrogen) atoms. The molecule has 3 rings (SSSR count). The summed E-state index contributed by atoms with van der Waals surface area (Å²) >= 11 is 0.